The van der Waals surface area contributed by atoms with Crippen molar-refractivity contribution in [3.63, 3.8) is 0 Å². The Labute approximate surface area is 138 Å². The monoisotopic (exact) mass is 324 g/mol. The lowest BCUT2D eigenvalue weighted by Gasteiger charge is -2.28. The maximum absolute atomic E-state index is 9.61. The maximum Gasteiger partial charge on any atom is 0.243 e. The predicted molar refractivity (Wildman–Crippen MR) is 84.4 cm³/mol. The van der Waals surface area contributed by atoms with Crippen molar-refractivity contribution in [2.24, 2.45) is 5.92 Å². The molecule has 0 bridgehead atoms. The Morgan fingerprint density at radius 2 is 2.21 bits per heavy atom. The number of rotatable bonds is 3. The lowest BCUT2D eigenvalue weighted by atomic mass is 9.79. The summed E-state index contributed by atoms with van der Waals surface area (Å²) in [7, 11) is 0. The van der Waals surface area contributed by atoms with Gasteiger partial charge < -0.3 is 14.2 Å². The molecule has 7 heteroatoms. The van der Waals surface area contributed by atoms with Crippen LogP contribution in [0.2, 0.25) is 0 Å². The highest BCUT2D eigenvalue weighted by molar-refractivity contribution is 5.84. The molecule has 0 spiro atoms. The van der Waals surface area contributed by atoms with Crippen molar-refractivity contribution in [1.82, 2.24) is 10.2 Å². The van der Waals surface area contributed by atoms with E-state index in [9.17, 15) is 5.26 Å². The smallest absolute Gasteiger partial charge is 0.243 e. The first-order valence-corrected chi connectivity index (χ1v) is 7.85. The molecular weight excluding hydrogens is 308 g/mol. The fraction of sp³-hybridized carbons (Fsp3) is 0.353. The third-order valence-electron chi connectivity index (χ3n) is 4.38. The summed E-state index contributed by atoms with van der Waals surface area (Å²) < 4.78 is 16.3. The first-order valence-electron chi connectivity index (χ1n) is 7.85. The van der Waals surface area contributed by atoms with Crippen LogP contribution >= 0.6 is 0 Å². The number of aromatic amines is 1. The van der Waals surface area contributed by atoms with E-state index in [1.54, 1.807) is 0 Å². The maximum atomic E-state index is 9.61. The molecule has 3 heterocycles. The van der Waals surface area contributed by atoms with Crippen LogP contribution < -0.4 is 14.2 Å². The van der Waals surface area contributed by atoms with Gasteiger partial charge in [-0.25, -0.2) is 0 Å². The molecule has 2 atom stereocenters. The molecule has 24 heavy (non-hydrogen) atoms. The molecule has 4 rings (SSSR count). The van der Waals surface area contributed by atoms with Crippen LogP contribution in [0, 0.1) is 22.7 Å². The Morgan fingerprint density at radius 3 is 3.00 bits per heavy atom. The minimum atomic E-state index is -0.703. The zero-order valence-corrected chi connectivity index (χ0v) is 13.1. The molecule has 2 aromatic rings. The highest BCUT2D eigenvalue weighted by atomic mass is 16.7. The summed E-state index contributed by atoms with van der Waals surface area (Å²) in [4.78, 5) is 0. The minimum Gasteiger partial charge on any atom is -0.454 e. The van der Waals surface area contributed by atoms with Crippen LogP contribution in [0.15, 0.2) is 18.2 Å². The molecule has 0 radical (unpaired) electrons. The quantitative estimate of drug-likeness (QED) is 0.903. The Hall–Kier alpha value is -3.01. The molecule has 0 amide bonds. The SMILES string of the molecule is CCCc1[nH]nc2c1C(c1ccc3c(c1)OCO3)C(C#N)C(=N)O2. The van der Waals surface area contributed by atoms with Gasteiger partial charge in [0.05, 0.1) is 6.07 Å². The van der Waals surface area contributed by atoms with Crippen molar-refractivity contribution in [2.45, 2.75) is 25.7 Å². The number of nitriles is 1. The second-order valence-corrected chi connectivity index (χ2v) is 5.83. The zero-order valence-electron chi connectivity index (χ0n) is 13.1. The Kier molecular flexibility index (Phi) is 3.38. The van der Waals surface area contributed by atoms with Gasteiger partial charge in [0.15, 0.2) is 11.5 Å². The number of nitrogens with one attached hydrogen (secondary N) is 2. The van der Waals surface area contributed by atoms with E-state index in [-0.39, 0.29) is 18.6 Å². The number of hydrogen-bond donors (Lipinski definition) is 2. The largest absolute Gasteiger partial charge is 0.454 e. The van der Waals surface area contributed by atoms with Crippen LogP contribution in [-0.2, 0) is 6.42 Å². The zero-order chi connectivity index (χ0) is 16.7. The van der Waals surface area contributed by atoms with Gasteiger partial charge in [0.2, 0.25) is 18.6 Å². The summed E-state index contributed by atoms with van der Waals surface area (Å²) in [6.45, 7) is 2.28. The van der Waals surface area contributed by atoms with Gasteiger partial charge in [-0.2, -0.15) is 5.26 Å². The number of benzene rings is 1. The fourth-order valence-electron chi connectivity index (χ4n) is 3.29. The topological polar surface area (TPSA) is 104 Å². The van der Waals surface area contributed by atoms with Crippen molar-refractivity contribution in [1.29, 1.82) is 10.7 Å². The Bertz CT molecular complexity index is 852. The van der Waals surface area contributed by atoms with E-state index in [4.69, 9.17) is 19.6 Å². The van der Waals surface area contributed by atoms with E-state index in [1.807, 2.05) is 18.2 Å². The van der Waals surface area contributed by atoms with Crippen molar-refractivity contribution < 1.29 is 14.2 Å². The Morgan fingerprint density at radius 1 is 1.38 bits per heavy atom. The standard InChI is InChI=1S/C17H16N4O3/c1-2-3-11-15-14(9-4-5-12-13(6-9)23-8-22-12)10(7-18)16(19)24-17(15)21-20-11/h4-6,10,14,19H,2-3,8H2,1H3,(H,20,21). The number of aryl methyl sites for hydroxylation is 1. The van der Waals surface area contributed by atoms with Crippen molar-refractivity contribution in [3.05, 3.63) is 35.0 Å². The van der Waals surface area contributed by atoms with Crippen LogP contribution in [-0.4, -0.2) is 22.9 Å². The minimum absolute atomic E-state index is 0.0813. The van der Waals surface area contributed by atoms with Crippen LogP contribution in [0.4, 0.5) is 0 Å². The van der Waals surface area contributed by atoms with Crippen molar-refractivity contribution in [2.75, 3.05) is 6.79 Å². The molecule has 2 aliphatic heterocycles. The third-order valence-corrected chi connectivity index (χ3v) is 4.38. The summed E-state index contributed by atoms with van der Waals surface area (Å²) in [5.41, 5.74) is 2.69. The molecule has 0 saturated carbocycles. The van der Waals surface area contributed by atoms with E-state index in [0.29, 0.717) is 17.4 Å². The van der Waals surface area contributed by atoms with Gasteiger partial charge >= 0.3 is 0 Å². The van der Waals surface area contributed by atoms with E-state index in [0.717, 1.165) is 29.7 Å². The van der Waals surface area contributed by atoms with Crippen LogP contribution in [0.3, 0.4) is 0 Å². The number of ether oxygens (including phenoxy) is 3. The Balaban J connectivity index is 1.87. The summed E-state index contributed by atoms with van der Waals surface area (Å²) in [6.07, 6.45) is 1.75. The second kappa shape index (κ2) is 5.57. The molecule has 0 fully saturated rings. The fourth-order valence-corrected chi connectivity index (χ4v) is 3.29. The highest BCUT2D eigenvalue weighted by Crippen LogP contribution is 2.45. The summed E-state index contributed by atoms with van der Waals surface area (Å²) in [5.74, 6) is 0.631. The van der Waals surface area contributed by atoms with Crippen molar-refractivity contribution in [3.8, 4) is 23.4 Å². The summed E-state index contributed by atoms with van der Waals surface area (Å²) >= 11 is 0. The van der Waals surface area contributed by atoms with Crippen LogP contribution in [0.5, 0.6) is 17.4 Å². The van der Waals surface area contributed by atoms with E-state index < -0.39 is 5.92 Å². The van der Waals surface area contributed by atoms with Gasteiger partial charge in [-0.3, -0.25) is 10.5 Å². The summed E-state index contributed by atoms with van der Waals surface area (Å²) in [6, 6.07) is 7.83. The van der Waals surface area contributed by atoms with Crippen LogP contribution in [0.25, 0.3) is 0 Å². The molecular formula is C17H16N4O3. The lowest BCUT2D eigenvalue weighted by Crippen LogP contribution is -2.31. The lowest BCUT2D eigenvalue weighted by molar-refractivity contribution is 0.174. The molecule has 2 unspecified atom stereocenters. The molecule has 122 valence electrons. The highest BCUT2D eigenvalue weighted by Gasteiger charge is 2.40. The third kappa shape index (κ3) is 2.11. The normalized spacial score (nSPS) is 21.1. The molecule has 0 saturated heterocycles. The van der Waals surface area contributed by atoms with E-state index >= 15 is 0 Å². The molecule has 7 nitrogen and oxygen atoms in total. The molecule has 1 aromatic heterocycles. The van der Waals surface area contributed by atoms with Gasteiger partial charge in [-0.15, -0.1) is 5.10 Å². The number of aromatic nitrogens is 2. The number of hydrogen-bond acceptors (Lipinski definition) is 6. The second-order valence-electron chi connectivity index (χ2n) is 5.83. The first kappa shape index (κ1) is 14.6. The average molecular weight is 324 g/mol. The number of H-pyrrole nitrogens is 1. The first-order chi connectivity index (χ1) is 11.7. The molecule has 2 aliphatic rings. The van der Waals surface area contributed by atoms with Crippen LogP contribution in [0.1, 0.15) is 36.1 Å². The number of nitrogens with zero attached hydrogens (tertiary/aromatic N) is 2. The molecule has 0 aliphatic carbocycles. The van der Waals surface area contributed by atoms with E-state index in [1.165, 1.54) is 0 Å². The predicted octanol–water partition coefficient (Wildman–Crippen LogP) is 2.73. The molecule has 1 aromatic carbocycles. The van der Waals surface area contributed by atoms with Gasteiger partial charge in [0, 0.05) is 17.2 Å². The van der Waals surface area contributed by atoms with E-state index in [2.05, 4.69) is 23.2 Å². The van der Waals surface area contributed by atoms with Gasteiger partial charge in [-0.1, -0.05) is 19.4 Å². The van der Waals surface area contributed by atoms with Gasteiger partial charge in [0.1, 0.15) is 5.92 Å². The average Bonchev–Trinajstić information content (AvgIpc) is 3.20. The summed E-state index contributed by atoms with van der Waals surface area (Å²) in [5, 5.41) is 24.9. The van der Waals surface area contributed by atoms with Gasteiger partial charge in [0.25, 0.3) is 0 Å². The van der Waals surface area contributed by atoms with Crippen molar-refractivity contribution >= 4 is 5.90 Å². The number of fused-ring (bicyclic) bond motifs is 2. The van der Waals surface area contributed by atoms with Gasteiger partial charge in [-0.05, 0) is 24.1 Å². The molecule has 2 N–H and O–H groups in total.